The van der Waals surface area contributed by atoms with E-state index < -0.39 is 41.6 Å². The topological polar surface area (TPSA) is 130 Å². The van der Waals surface area contributed by atoms with E-state index in [4.69, 9.17) is 13.9 Å². The van der Waals surface area contributed by atoms with E-state index in [1.807, 2.05) is 0 Å². The second-order valence-corrected chi connectivity index (χ2v) is 8.90. The molecule has 3 heterocycles. The van der Waals surface area contributed by atoms with Crippen molar-refractivity contribution in [1.82, 2.24) is 20.4 Å². The van der Waals surface area contributed by atoms with E-state index in [0.717, 1.165) is 9.80 Å². The number of urea groups is 1. The summed E-state index contributed by atoms with van der Waals surface area (Å²) in [5.74, 6) is -3.09. The molecule has 5 amide bonds. The van der Waals surface area contributed by atoms with Crippen LogP contribution in [0.5, 0.6) is 5.75 Å². The zero-order valence-electron chi connectivity index (χ0n) is 20.3. The van der Waals surface area contributed by atoms with Crippen molar-refractivity contribution < 1.29 is 41.8 Å². The molecule has 2 aliphatic heterocycles. The van der Waals surface area contributed by atoms with E-state index in [2.05, 4.69) is 10.6 Å². The number of halogens is 2. The van der Waals surface area contributed by atoms with E-state index in [1.54, 1.807) is 12.1 Å². The van der Waals surface area contributed by atoms with Gasteiger partial charge in [-0.1, -0.05) is 6.07 Å². The zero-order chi connectivity index (χ0) is 27.2. The number of fused-ring (bicyclic) bond motifs is 2. The van der Waals surface area contributed by atoms with E-state index in [1.165, 1.54) is 32.4 Å². The summed E-state index contributed by atoms with van der Waals surface area (Å²) in [4.78, 5) is 52.5. The molecule has 1 saturated heterocycles. The molecule has 0 unspecified atom stereocenters. The van der Waals surface area contributed by atoms with Crippen molar-refractivity contribution in [1.29, 1.82) is 0 Å². The Hall–Kier alpha value is -4.52. The number of methoxy groups -OCH3 is 2. The minimum absolute atomic E-state index is 0.0150. The number of ether oxygens (including phenoxy) is 2. The van der Waals surface area contributed by atoms with Crippen molar-refractivity contribution in [2.24, 2.45) is 0 Å². The highest BCUT2D eigenvalue weighted by Crippen LogP contribution is 2.37. The van der Waals surface area contributed by atoms with Gasteiger partial charge in [-0.25, -0.2) is 18.5 Å². The molecule has 38 heavy (non-hydrogen) atoms. The van der Waals surface area contributed by atoms with Crippen molar-refractivity contribution in [3.8, 4) is 5.75 Å². The lowest BCUT2D eigenvalue weighted by molar-refractivity contribution is -0.136. The molecule has 0 saturated carbocycles. The fourth-order valence-corrected chi connectivity index (χ4v) is 4.76. The van der Waals surface area contributed by atoms with Crippen LogP contribution in [0.4, 0.5) is 13.6 Å². The smallest absolute Gasteiger partial charge is 0.327 e. The second-order valence-electron chi connectivity index (χ2n) is 8.90. The summed E-state index contributed by atoms with van der Waals surface area (Å²) in [7, 11) is 2.61. The van der Waals surface area contributed by atoms with Crippen LogP contribution in [0.3, 0.4) is 0 Å². The van der Waals surface area contributed by atoms with Gasteiger partial charge < -0.3 is 29.4 Å². The molecule has 0 radical (unpaired) electrons. The number of imide groups is 1. The first kappa shape index (κ1) is 25.1. The van der Waals surface area contributed by atoms with Gasteiger partial charge >= 0.3 is 6.03 Å². The van der Waals surface area contributed by atoms with Crippen LogP contribution in [0.15, 0.2) is 34.7 Å². The van der Waals surface area contributed by atoms with Crippen LogP contribution in [-0.4, -0.2) is 61.6 Å². The van der Waals surface area contributed by atoms with Gasteiger partial charge in [-0.3, -0.25) is 14.4 Å². The summed E-state index contributed by atoms with van der Waals surface area (Å²) in [5, 5.41) is 5.36. The van der Waals surface area contributed by atoms with Gasteiger partial charge in [0.15, 0.2) is 28.5 Å². The standard InChI is InChI=1S/C25H22F2N4O7/c1-36-12-31-23(34)25(29-24(31)35,10-30(11-32)9-13-3-4-17(37-2)16(26)5-13)18-7-14-6-15-8-28-22(33)19(15)20(27)21(14)38-18/h3-7,11H,8-10,12H2,1-2H3,(H,28,33)(H,29,35)/t25-/m0/s1. The molecule has 0 spiro atoms. The summed E-state index contributed by atoms with van der Waals surface area (Å²) < 4.78 is 45.2. The average molecular weight is 528 g/mol. The SMILES string of the molecule is COCN1C(=O)N[C@@](CN(C=O)Cc2ccc(OC)c(F)c2)(c2cc3cc4c(c(F)c3o2)C(=O)NC4)C1=O. The number of furan rings is 1. The number of carbonyl (C=O) groups is 4. The van der Waals surface area contributed by atoms with Crippen LogP contribution in [0, 0.1) is 11.6 Å². The Kier molecular flexibility index (Phi) is 6.23. The fourth-order valence-electron chi connectivity index (χ4n) is 4.76. The molecular formula is C25H22F2N4O7. The molecule has 0 aliphatic carbocycles. The highest BCUT2D eigenvalue weighted by atomic mass is 19.1. The van der Waals surface area contributed by atoms with E-state index in [0.29, 0.717) is 17.5 Å². The van der Waals surface area contributed by atoms with E-state index in [9.17, 15) is 23.6 Å². The van der Waals surface area contributed by atoms with Crippen molar-refractivity contribution in [2.45, 2.75) is 18.6 Å². The summed E-state index contributed by atoms with van der Waals surface area (Å²) in [6.07, 6.45) is 0.435. The van der Waals surface area contributed by atoms with Crippen molar-refractivity contribution >= 4 is 35.2 Å². The van der Waals surface area contributed by atoms with Crippen LogP contribution >= 0.6 is 0 Å². The third-order valence-corrected chi connectivity index (χ3v) is 6.54. The number of nitrogens with zero attached hydrogens (tertiary/aromatic N) is 2. The maximum atomic E-state index is 15.3. The molecule has 0 bridgehead atoms. The Labute approximate surface area is 214 Å². The lowest BCUT2D eigenvalue weighted by Gasteiger charge is -2.30. The monoisotopic (exact) mass is 528 g/mol. The molecule has 5 rings (SSSR count). The predicted octanol–water partition coefficient (Wildman–Crippen LogP) is 1.97. The van der Waals surface area contributed by atoms with Crippen LogP contribution in [0.1, 0.15) is 27.2 Å². The van der Waals surface area contributed by atoms with Crippen LogP contribution in [-0.2, 0) is 33.0 Å². The Bertz CT molecular complexity index is 1490. The lowest BCUT2D eigenvalue weighted by Crippen LogP contribution is -2.52. The van der Waals surface area contributed by atoms with Gasteiger partial charge in [0, 0.05) is 25.6 Å². The number of nitrogens with one attached hydrogen (secondary N) is 2. The highest BCUT2D eigenvalue weighted by Gasteiger charge is 2.56. The summed E-state index contributed by atoms with van der Waals surface area (Å²) in [6.45, 7) is -0.833. The number of carbonyl (C=O) groups excluding carboxylic acids is 4. The summed E-state index contributed by atoms with van der Waals surface area (Å²) >= 11 is 0. The Morgan fingerprint density at radius 2 is 1.97 bits per heavy atom. The normalized spacial score (nSPS) is 18.5. The molecule has 13 heteroatoms. The van der Waals surface area contributed by atoms with Gasteiger partial charge in [-0.05, 0) is 35.4 Å². The predicted molar refractivity (Wildman–Crippen MR) is 126 cm³/mol. The van der Waals surface area contributed by atoms with Crippen molar-refractivity contribution in [2.75, 3.05) is 27.5 Å². The minimum Gasteiger partial charge on any atom is -0.494 e. The van der Waals surface area contributed by atoms with Gasteiger partial charge in [0.05, 0.1) is 19.2 Å². The van der Waals surface area contributed by atoms with Crippen LogP contribution < -0.4 is 15.4 Å². The first-order chi connectivity index (χ1) is 18.2. The maximum absolute atomic E-state index is 15.3. The first-order valence-corrected chi connectivity index (χ1v) is 11.4. The molecule has 198 valence electrons. The number of hydrogen-bond donors (Lipinski definition) is 2. The van der Waals surface area contributed by atoms with Crippen molar-refractivity contribution in [3.05, 3.63) is 64.4 Å². The van der Waals surface area contributed by atoms with Crippen LogP contribution in [0.25, 0.3) is 11.0 Å². The molecule has 2 N–H and O–H groups in total. The van der Waals surface area contributed by atoms with Gasteiger partial charge in [0.2, 0.25) is 6.41 Å². The molecule has 1 fully saturated rings. The Morgan fingerprint density at radius 3 is 2.66 bits per heavy atom. The molecule has 2 aliphatic rings. The number of benzene rings is 2. The highest BCUT2D eigenvalue weighted by molar-refractivity contribution is 6.08. The van der Waals surface area contributed by atoms with Crippen molar-refractivity contribution in [3.63, 3.8) is 0 Å². The van der Waals surface area contributed by atoms with Crippen LogP contribution in [0.2, 0.25) is 0 Å². The minimum atomic E-state index is -1.96. The molecular weight excluding hydrogens is 506 g/mol. The average Bonchev–Trinajstić information content (AvgIpc) is 3.56. The maximum Gasteiger partial charge on any atom is 0.327 e. The third kappa shape index (κ3) is 3.91. The van der Waals surface area contributed by atoms with Gasteiger partial charge in [0.25, 0.3) is 11.8 Å². The van der Waals surface area contributed by atoms with Gasteiger partial charge in [0.1, 0.15) is 12.5 Å². The molecule has 2 aromatic carbocycles. The zero-order valence-corrected chi connectivity index (χ0v) is 20.3. The quantitative estimate of drug-likeness (QED) is 0.321. The first-order valence-electron chi connectivity index (χ1n) is 11.4. The van der Waals surface area contributed by atoms with Gasteiger partial charge in [-0.2, -0.15) is 0 Å². The molecule has 3 aromatic rings. The molecule has 1 aromatic heterocycles. The lowest BCUT2D eigenvalue weighted by atomic mass is 9.94. The third-order valence-electron chi connectivity index (χ3n) is 6.54. The van der Waals surface area contributed by atoms with E-state index >= 15 is 4.39 Å². The fraction of sp³-hybridized carbons (Fsp3) is 0.280. The van der Waals surface area contributed by atoms with Gasteiger partial charge in [-0.15, -0.1) is 0 Å². The summed E-state index contributed by atoms with van der Waals surface area (Å²) in [5.41, 5.74) is -1.60. The number of rotatable bonds is 9. The Balaban J connectivity index is 1.57. The number of hydrogen-bond acceptors (Lipinski definition) is 7. The molecule has 1 atom stereocenters. The van der Waals surface area contributed by atoms with E-state index in [-0.39, 0.29) is 47.9 Å². The summed E-state index contributed by atoms with van der Waals surface area (Å²) in [6, 6.07) is 6.23. The molecule has 11 nitrogen and oxygen atoms in total. The number of amides is 5. The largest absolute Gasteiger partial charge is 0.494 e. The Morgan fingerprint density at radius 1 is 1.18 bits per heavy atom. The second kappa shape index (κ2) is 9.41.